The Hall–Kier alpha value is -1.14. The zero-order valence-corrected chi connectivity index (χ0v) is 7.86. The van der Waals surface area contributed by atoms with E-state index >= 15 is 0 Å². The summed E-state index contributed by atoms with van der Waals surface area (Å²) in [7, 11) is 0. The van der Waals surface area contributed by atoms with Gasteiger partial charge in [-0.25, -0.2) is 0 Å². The Labute approximate surface area is 81.5 Å². The molecule has 2 N–H and O–H groups in total. The number of nitrogens with one attached hydrogen (secondary N) is 1. The summed E-state index contributed by atoms with van der Waals surface area (Å²) in [5.41, 5.74) is 0. The fraction of sp³-hybridized carbons (Fsp3) is 0.750. The second-order valence-electron chi connectivity index (χ2n) is 2.94. The van der Waals surface area contributed by atoms with Crippen LogP contribution >= 0.6 is 0 Å². The summed E-state index contributed by atoms with van der Waals surface area (Å²) < 4.78 is 0. The van der Waals surface area contributed by atoms with Crippen LogP contribution in [0.15, 0.2) is 0 Å². The van der Waals surface area contributed by atoms with Crippen molar-refractivity contribution in [1.82, 2.24) is 5.32 Å². The van der Waals surface area contributed by atoms with Gasteiger partial charge in [-0.2, -0.15) is 0 Å². The molecule has 0 aliphatic rings. The summed E-state index contributed by atoms with van der Waals surface area (Å²) in [5.74, 6) is -4.10. The van der Waals surface area contributed by atoms with Crippen LogP contribution in [0.1, 0.15) is 13.3 Å². The fourth-order valence-electron chi connectivity index (χ4n) is 0.937. The Balaban J connectivity index is 4.15. The van der Waals surface area contributed by atoms with Gasteiger partial charge < -0.3 is 30.2 Å². The lowest BCUT2D eigenvalue weighted by Gasteiger charge is -2.26. The van der Waals surface area contributed by atoms with E-state index in [0.29, 0.717) is 6.42 Å². The minimum Gasteiger partial charge on any atom is -0.550 e. The molecule has 0 saturated heterocycles. The largest absolute Gasteiger partial charge is 0.550 e. The van der Waals surface area contributed by atoms with Crippen molar-refractivity contribution in [3.8, 4) is 0 Å². The molecule has 0 aliphatic carbocycles. The van der Waals surface area contributed by atoms with Gasteiger partial charge in [-0.15, -0.1) is 0 Å². The average molecular weight is 203 g/mol. The van der Waals surface area contributed by atoms with Crippen LogP contribution in [0.25, 0.3) is 0 Å². The van der Waals surface area contributed by atoms with Crippen molar-refractivity contribution in [3.63, 3.8) is 0 Å². The standard InChI is InChI=1S/C8H15NO5/c1-5(7(11)12)6(8(13)14)9-3-2-4-10/h5-6,9-10H,2-4H2,1H3,(H,11,12)(H,13,14)/p-2. The van der Waals surface area contributed by atoms with E-state index < -0.39 is 23.9 Å². The van der Waals surface area contributed by atoms with Crippen LogP contribution in [0.3, 0.4) is 0 Å². The molecular weight excluding hydrogens is 190 g/mol. The van der Waals surface area contributed by atoms with Gasteiger partial charge in [-0.05, 0) is 13.0 Å². The summed E-state index contributed by atoms with van der Waals surface area (Å²) in [5, 5.41) is 31.8. The van der Waals surface area contributed by atoms with Gasteiger partial charge in [0.2, 0.25) is 0 Å². The number of rotatable bonds is 7. The van der Waals surface area contributed by atoms with Crippen LogP contribution in [-0.2, 0) is 9.59 Å². The van der Waals surface area contributed by atoms with E-state index in [1.807, 2.05) is 0 Å². The summed E-state index contributed by atoms with van der Waals surface area (Å²) in [6.07, 6.45) is 0.351. The van der Waals surface area contributed by atoms with Crippen LogP contribution < -0.4 is 15.5 Å². The van der Waals surface area contributed by atoms with Gasteiger partial charge >= 0.3 is 0 Å². The molecule has 0 aliphatic heterocycles. The molecular formula is C8H13NO5-2. The molecule has 2 unspecified atom stereocenters. The number of aliphatic carboxylic acids is 2. The first-order valence-corrected chi connectivity index (χ1v) is 4.26. The van der Waals surface area contributed by atoms with E-state index in [-0.39, 0.29) is 13.2 Å². The number of carboxylic acid groups (broad SMARTS) is 2. The zero-order valence-electron chi connectivity index (χ0n) is 7.86. The molecule has 6 heteroatoms. The van der Waals surface area contributed by atoms with Crippen molar-refractivity contribution in [2.45, 2.75) is 19.4 Å². The minimum absolute atomic E-state index is 0.0908. The molecule has 0 bridgehead atoms. The predicted octanol–water partition coefficient (Wildman–Crippen LogP) is -3.54. The Bertz CT molecular complexity index is 206. The van der Waals surface area contributed by atoms with Crippen molar-refractivity contribution < 1.29 is 24.9 Å². The Morgan fingerprint density at radius 2 is 1.93 bits per heavy atom. The number of aliphatic hydroxyl groups is 1. The summed E-state index contributed by atoms with van der Waals surface area (Å²) in [6.45, 7) is 1.35. The quantitative estimate of drug-likeness (QED) is 0.414. The molecule has 0 aromatic heterocycles. The van der Waals surface area contributed by atoms with Crippen molar-refractivity contribution in [1.29, 1.82) is 0 Å². The molecule has 0 radical (unpaired) electrons. The third-order valence-electron chi connectivity index (χ3n) is 1.82. The zero-order chi connectivity index (χ0) is 11.1. The van der Waals surface area contributed by atoms with Gasteiger partial charge in [0, 0.05) is 18.5 Å². The molecule has 0 rings (SSSR count). The molecule has 0 spiro atoms. The number of aliphatic hydroxyl groups excluding tert-OH is 1. The summed E-state index contributed by atoms with van der Waals surface area (Å²) in [6, 6.07) is -1.29. The highest BCUT2D eigenvalue weighted by Crippen LogP contribution is 2.00. The van der Waals surface area contributed by atoms with Crippen LogP contribution in [0, 0.1) is 5.92 Å². The van der Waals surface area contributed by atoms with E-state index in [9.17, 15) is 19.8 Å². The number of hydrogen-bond donors (Lipinski definition) is 2. The second kappa shape index (κ2) is 6.33. The molecule has 0 amide bonds. The maximum absolute atomic E-state index is 10.5. The van der Waals surface area contributed by atoms with Gasteiger partial charge in [0.15, 0.2) is 0 Å². The van der Waals surface area contributed by atoms with E-state index in [1.165, 1.54) is 6.92 Å². The predicted molar refractivity (Wildman–Crippen MR) is 42.7 cm³/mol. The lowest BCUT2D eigenvalue weighted by molar-refractivity contribution is -0.322. The maximum Gasteiger partial charge on any atom is 0.0590 e. The average Bonchev–Trinajstić information content (AvgIpc) is 2.10. The van der Waals surface area contributed by atoms with E-state index in [0.717, 1.165) is 0 Å². The van der Waals surface area contributed by atoms with Crippen molar-refractivity contribution in [2.75, 3.05) is 13.2 Å². The molecule has 0 fully saturated rings. The van der Waals surface area contributed by atoms with E-state index in [4.69, 9.17) is 5.11 Å². The monoisotopic (exact) mass is 203 g/mol. The van der Waals surface area contributed by atoms with E-state index in [2.05, 4.69) is 5.32 Å². The fourth-order valence-corrected chi connectivity index (χ4v) is 0.937. The number of carbonyl (C=O) groups excluding carboxylic acids is 2. The highest BCUT2D eigenvalue weighted by atomic mass is 16.4. The summed E-state index contributed by atoms with van der Waals surface area (Å²) in [4.78, 5) is 20.9. The second-order valence-corrected chi connectivity index (χ2v) is 2.94. The maximum atomic E-state index is 10.5. The summed E-state index contributed by atoms with van der Waals surface area (Å²) >= 11 is 0. The topological polar surface area (TPSA) is 113 Å². The van der Waals surface area contributed by atoms with Crippen LogP contribution in [0.5, 0.6) is 0 Å². The smallest absolute Gasteiger partial charge is 0.0590 e. The van der Waals surface area contributed by atoms with Crippen LogP contribution in [-0.4, -0.2) is 36.2 Å². The lowest BCUT2D eigenvalue weighted by atomic mass is 10.0. The molecule has 0 aromatic rings. The first-order chi connectivity index (χ1) is 6.50. The third kappa shape index (κ3) is 4.20. The van der Waals surface area contributed by atoms with Gasteiger partial charge in [0.25, 0.3) is 0 Å². The number of carbonyl (C=O) groups is 2. The van der Waals surface area contributed by atoms with Gasteiger partial charge in [-0.1, -0.05) is 6.92 Å². The van der Waals surface area contributed by atoms with Gasteiger partial charge in [0.05, 0.1) is 12.0 Å². The first kappa shape index (κ1) is 12.9. The Morgan fingerprint density at radius 3 is 2.29 bits per heavy atom. The molecule has 0 aromatic carbocycles. The molecule has 14 heavy (non-hydrogen) atoms. The molecule has 6 nitrogen and oxygen atoms in total. The first-order valence-electron chi connectivity index (χ1n) is 4.26. The van der Waals surface area contributed by atoms with Gasteiger partial charge in [-0.3, -0.25) is 0 Å². The molecule has 0 saturated carbocycles. The molecule has 2 atom stereocenters. The lowest BCUT2D eigenvalue weighted by Crippen LogP contribution is -2.54. The van der Waals surface area contributed by atoms with Crippen molar-refractivity contribution in [2.24, 2.45) is 5.92 Å². The normalized spacial score (nSPS) is 14.7. The number of hydrogen-bond acceptors (Lipinski definition) is 6. The van der Waals surface area contributed by atoms with E-state index in [1.54, 1.807) is 0 Å². The Kier molecular flexibility index (Phi) is 5.82. The minimum atomic E-state index is -1.49. The number of carboxylic acids is 2. The highest BCUT2D eigenvalue weighted by molar-refractivity contribution is 5.80. The molecule has 0 heterocycles. The van der Waals surface area contributed by atoms with Crippen molar-refractivity contribution >= 4 is 11.9 Å². The molecule has 82 valence electrons. The Morgan fingerprint density at radius 1 is 1.36 bits per heavy atom. The van der Waals surface area contributed by atoms with Crippen molar-refractivity contribution in [3.05, 3.63) is 0 Å². The highest BCUT2D eigenvalue weighted by Gasteiger charge is 2.18. The SMILES string of the molecule is CC(C(=O)[O-])C(NCCCO)C(=O)[O-]. The third-order valence-corrected chi connectivity index (χ3v) is 1.82. The van der Waals surface area contributed by atoms with Gasteiger partial charge in [0.1, 0.15) is 0 Å². The van der Waals surface area contributed by atoms with Crippen LogP contribution in [0.2, 0.25) is 0 Å². The van der Waals surface area contributed by atoms with Crippen LogP contribution in [0.4, 0.5) is 0 Å².